The van der Waals surface area contributed by atoms with Gasteiger partial charge in [-0.1, -0.05) is 6.07 Å². The molecule has 1 unspecified atom stereocenters. The van der Waals surface area contributed by atoms with Crippen molar-refractivity contribution in [2.45, 2.75) is 31.6 Å². The highest BCUT2D eigenvalue weighted by molar-refractivity contribution is 7.92. The van der Waals surface area contributed by atoms with Crippen LogP contribution in [0.3, 0.4) is 0 Å². The molecule has 0 aliphatic heterocycles. The minimum absolute atomic E-state index is 0.273. The van der Waals surface area contributed by atoms with Crippen LogP contribution in [0.2, 0.25) is 0 Å². The Morgan fingerprint density at radius 2 is 1.94 bits per heavy atom. The third-order valence-corrected chi connectivity index (χ3v) is 5.35. The molecule has 5 heteroatoms. The van der Waals surface area contributed by atoms with Gasteiger partial charge in [0.15, 0.2) is 9.84 Å². The zero-order chi connectivity index (χ0) is 13.3. The monoisotopic (exact) mass is 256 g/mol. The fourth-order valence-electron chi connectivity index (χ4n) is 1.78. The number of nitrogens with zero attached hydrogens (tertiary/aromatic N) is 1. The maximum atomic E-state index is 11.8. The van der Waals surface area contributed by atoms with Gasteiger partial charge in [-0.2, -0.15) is 0 Å². The van der Waals surface area contributed by atoms with Crippen LogP contribution in [0.25, 0.3) is 0 Å². The highest BCUT2D eigenvalue weighted by Gasteiger charge is 2.39. The molecule has 1 atom stereocenters. The molecule has 1 aromatic heterocycles. The normalized spacial score (nSPS) is 14.6. The van der Waals surface area contributed by atoms with Gasteiger partial charge >= 0.3 is 0 Å². The van der Waals surface area contributed by atoms with Crippen molar-refractivity contribution in [3.63, 3.8) is 0 Å². The molecule has 17 heavy (non-hydrogen) atoms. The quantitative estimate of drug-likeness (QED) is 0.886. The van der Waals surface area contributed by atoms with Gasteiger partial charge in [0.25, 0.3) is 0 Å². The lowest BCUT2D eigenvalue weighted by Crippen LogP contribution is -2.43. The van der Waals surface area contributed by atoms with Crippen LogP contribution in [0, 0.1) is 6.92 Å². The van der Waals surface area contributed by atoms with Gasteiger partial charge in [-0.05, 0) is 39.4 Å². The Hall–Kier alpha value is -0.940. The van der Waals surface area contributed by atoms with E-state index in [9.17, 15) is 8.42 Å². The van der Waals surface area contributed by atoms with Gasteiger partial charge < -0.3 is 5.32 Å². The van der Waals surface area contributed by atoms with Crippen molar-refractivity contribution in [1.29, 1.82) is 0 Å². The first-order valence-electron chi connectivity index (χ1n) is 5.49. The zero-order valence-electron chi connectivity index (χ0n) is 11.0. The van der Waals surface area contributed by atoms with E-state index < -0.39 is 14.6 Å². The standard InChI is InChI=1S/C12H20N2O2S/c1-9-6-7-10(8-14-9)11(13-4)12(2,3)17(5,15)16/h6-8,11,13H,1-5H3. The van der Waals surface area contributed by atoms with Crippen LogP contribution < -0.4 is 5.32 Å². The molecular formula is C12H20N2O2S. The summed E-state index contributed by atoms with van der Waals surface area (Å²) in [5, 5.41) is 3.07. The average molecular weight is 256 g/mol. The largest absolute Gasteiger partial charge is 0.312 e. The molecule has 0 aromatic carbocycles. The number of pyridine rings is 1. The van der Waals surface area contributed by atoms with Gasteiger partial charge in [-0.25, -0.2) is 8.42 Å². The molecule has 1 aromatic rings. The topological polar surface area (TPSA) is 59.1 Å². The molecule has 0 saturated carbocycles. The van der Waals surface area contributed by atoms with E-state index in [-0.39, 0.29) is 6.04 Å². The average Bonchev–Trinajstić information content (AvgIpc) is 2.20. The number of sulfone groups is 1. The van der Waals surface area contributed by atoms with Gasteiger partial charge in [0.05, 0.1) is 10.8 Å². The third-order valence-electron chi connectivity index (χ3n) is 3.21. The minimum Gasteiger partial charge on any atom is -0.312 e. The van der Waals surface area contributed by atoms with Gasteiger partial charge in [0.1, 0.15) is 0 Å². The van der Waals surface area contributed by atoms with Crippen LogP contribution >= 0.6 is 0 Å². The van der Waals surface area contributed by atoms with Gasteiger partial charge in [-0.15, -0.1) is 0 Å². The van der Waals surface area contributed by atoms with Crippen LogP contribution in [0.15, 0.2) is 18.3 Å². The van der Waals surface area contributed by atoms with Crippen molar-refractivity contribution in [3.05, 3.63) is 29.6 Å². The summed E-state index contributed by atoms with van der Waals surface area (Å²) in [5.74, 6) is 0. The summed E-state index contributed by atoms with van der Waals surface area (Å²) in [6.07, 6.45) is 2.99. The fraction of sp³-hybridized carbons (Fsp3) is 0.583. The Balaban J connectivity index is 3.21. The van der Waals surface area contributed by atoms with E-state index in [0.717, 1.165) is 11.3 Å². The predicted molar refractivity (Wildman–Crippen MR) is 69.7 cm³/mol. The lowest BCUT2D eigenvalue weighted by molar-refractivity contribution is 0.445. The summed E-state index contributed by atoms with van der Waals surface area (Å²) in [7, 11) is -1.40. The van der Waals surface area contributed by atoms with E-state index in [1.165, 1.54) is 6.26 Å². The molecule has 1 rings (SSSR count). The summed E-state index contributed by atoms with van der Waals surface area (Å²) < 4.78 is 22.8. The van der Waals surface area contributed by atoms with Crippen molar-refractivity contribution >= 4 is 9.84 Å². The molecule has 0 radical (unpaired) electrons. The number of hydrogen-bond donors (Lipinski definition) is 1. The van der Waals surface area contributed by atoms with Crippen molar-refractivity contribution in [2.75, 3.05) is 13.3 Å². The molecule has 96 valence electrons. The molecule has 0 aliphatic carbocycles. The summed E-state index contributed by atoms with van der Waals surface area (Å²) in [4.78, 5) is 4.21. The Morgan fingerprint density at radius 3 is 2.29 bits per heavy atom. The molecule has 4 nitrogen and oxygen atoms in total. The summed E-state index contributed by atoms with van der Waals surface area (Å²) in [6.45, 7) is 5.35. The summed E-state index contributed by atoms with van der Waals surface area (Å²) >= 11 is 0. The highest BCUT2D eigenvalue weighted by atomic mass is 32.2. The first kappa shape index (κ1) is 14.1. The molecule has 0 saturated heterocycles. The molecule has 1 N–H and O–H groups in total. The highest BCUT2D eigenvalue weighted by Crippen LogP contribution is 2.31. The third kappa shape index (κ3) is 2.84. The lowest BCUT2D eigenvalue weighted by atomic mass is 9.96. The second kappa shape index (κ2) is 4.74. The summed E-state index contributed by atoms with van der Waals surface area (Å²) in [6, 6.07) is 3.53. The number of rotatable bonds is 4. The van der Waals surface area contributed by atoms with E-state index in [2.05, 4.69) is 10.3 Å². The van der Waals surface area contributed by atoms with Crippen molar-refractivity contribution < 1.29 is 8.42 Å². The number of nitrogens with one attached hydrogen (secondary N) is 1. The van der Waals surface area contributed by atoms with Gasteiger partial charge in [0.2, 0.25) is 0 Å². The number of hydrogen-bond acceptors (Lipinski definition) is 4. The Kier molecular flexibility index (Phi) is 3.94. The molecule has 0 spiro atoms. The van der Waals surface area contributed by atoms with Gasteiger partial charge in [0, 0.05) is 18.1 Å². The van der Waals surface area contributed by atoms with Crippen LogP contribution in [0.5, 0.6) is 0 Å². The van der Waals surface area contributed by atoms with Crippen LogP contribution in [0.4, 0.5) is 0 Å². The maximum Gasteiger partial charge on any atom is 0.154 e. The van der Waals surface area contributed by atoms with Crippen LogP contribution in [-0.4, -0.2) is 31.5 Å². The minimum atomic E-state index is -3.16. The maximum absolute atomic E-state index is 11.8. The van der Waals surface area contributed by atoms with Crippen LogP contribution in [0.1, 0.15) is 31.1 Å². The first-order valence-corrected chi connectivity index (χ1v) is 7.38. The molecule has 0 amide bonds. The van der Waals surface area contributed by atoms with Crippen molar-refractivity contribution in [1.82, 2.24) is 10.3 Å². The lowest BCUT2D eigenvalue weighted by Gasteiger charge is -2.32. The Bertz CT molecular complexity index is 478. The Labute approximate surface area is 103 Å². The van der Waals surface area contributed by atoms with E-state index >= 15 is 0 Å². The number of aromatic nitrogens is 1. The molecule has 1 heterocycles. The predicted octanol–water partition coefficient (Wildman–Crippen LogP) is 1.47. The summed E-state index contributed by atoms with van der Waals surface area (Å²) in [5.41, 5.74) is 1.80. The van der Waals surface area contributed by atoms with Crippen LogP contribution in [-0.2, 0) is 9.84 Å². The molecule has 0 fully saturated rings. The van der Waals surface area contributed by atoms with E-state index in [4.69, 9.17) is 0 Å². The van der Waals surface area contributed by atoms with Crippen molar-refractivity contribution in [3.8, 4) is 0 Å². The first-order chi connectivity index (χ1) is 7.70. The van der Waals surface area contributed by atoms with Gasteiger partial charge in [-0.3, -0.25) is 4.98 Å². The second-order valence-electron chi connectivity index (χ2n) is 4.83. The van der Waals surface area contributed by atoms with E-state index in [0.29, 0.717) is 0 Å². The smallest absolute Gasteiger partial charge is 0.154 e. The number of aryl methyl sites for hydroxylation is 1. The molecular weight excluding hydrogens is 236 g/mol. The SMILES string of the molecule is CNC(c1ccc(C)nc1)C(C)(C)S(C)(=O)=O. The second-order valence-corrected chi connectivity index (χ2v) is 7.43. The van der Waals surface area contributed by atoms with E-state index in [1.807, 2.05) is 19.1 Å². The van der Waals surface area contributed by atoms with Crippen molar-refractivity contribution in [2.24, 2.45) is 0 Å². The van der Waals surface area contributed by atoms with E-state index in [1.54, 1.807) is 27.1 Å². The zero-order valence-corrected chi connectivity index (χ0v) is 11.8. The fourth-order valence-corrected chi connectivity index (χ4v) is 2.46. The molecule has 0 aliphatic rings. The molecule has 0 bridgehead atoms. The Morgan fingerprint density at radius 1 is 1.35 bits per heavy atom.